The number of fused-ring (bicyclic) bond motifs is 3. The molecule has 28 heavy (non-hydrogen) atoms. The Morgan fingerprint density at radius 2 is 2.00 bits per heavy atom. The molecule has 1 amide bonds. The predicted octanol–water partition coefficient (Wildman–Crippen LogP) is 5.18. The Labute approximate surface area is 178 Å². The molecule has 0 bridgehead atoms. The lowest BCUT2D eigenvalue weighted by Gasteiger charge is -2.14. The Kier molecular flexibility index (Phi) is 6.72. The molecular formula is C19H17Cl3N4O2. The van der Waals surface area contributed by atoms with E-state index in [4.69, 9.17) is 16.3 Å². The third-order valence-electron chi connectivity index (χ3n) is 4.30. The van der Waals surface area contributed by atoms with E-state index in [1.54, 1.807) is 37.6 Å². The molecule has 0 saturated carbocycles. The highest BCUT2D eigenvalue weighted by molar-refractivity contribution is 6.35. The fourth-order valence-corrected chi connectivity index (χ4v) is 3.34. The molecule has 1 aromatic carbocycles. The number of aryl methyl sites for hydroxylation is 1. The van der Waals surface area contributed by atoms with Crippen molar-refractivity contribution in [2.24, 2.45) is 0 Å². The van der Waals surface area contributed by atoms with Crippen LogP contribution in [0.15, 0.2) is 42.9 Å². The number of halogens is 3. The number of benzene rings is 1. The number of aromatic amines is 1. The van der Waals surface area contributed by atoms with Gasteiger partial charge in [0, 0.05) is 28.9 Å². The zero-order valence-corrected chi connectivity index (χ0v) is 17.3. The zero-order valence-electron chi connectivity index (χ0n) is 14.9. The first-order valence-corrected chi connectivity index (χ1v) is 8.33. The maximum Gasteiger partial charge on any atom is 0.257 e. The first-order chi connectivity index (χ1) is 12.6. The molecule has 9 heteroatoms. The minimum Gasteiger partial charge on any atom is -0.493 e. The highest BCUT2D eigenvalue weighted by Gasteiger charge is 2.20. The molecule has 0 aliphatic rings. The average molecular weight is 440 g/mol. The van der Waals surface area contributed by atoms with E-state index in [2.05, 4.69) is 20.3 Å². The van der Waals surface area contributed by atoms with Gasteiger partial charge in [-0.25, -0.2) is 0 Å². The van der Waals surface area contributed by atoms with Crippen LogP contribution in [-0.4, -0.2) is 28.0 Å². The summed E-state index contributed by atoms with van der Waals surface area (Å²) in [6, 6.07) is 7.16. The van der Waals surface area contributed by atoms with Crippen LogP contribution < -0.4 is 10.1 Å². The molecule has 4 rings (SSSR count). The second kappa shape index (κ2) is 8.65. The number of nitrogens with zero attached hydrogens (tertiary/aromatic N) is 2. The quantitative estimate of drug-likeness (QED) is 0.461. The summed E-state index contributed by atoms with van der Waals surface area (Å²) >= 11 is 6.41. The monoisotopic (exact) mass is 438 g/mol. The third-order valence-corrected chi connectivity index (χ3v) is 4.58. The van der Waals surface area contributed by atoms with Gasteiger partial charge in [0.2, 0.25) is 0 Å². The van der Waals surface area contributed by atoms with Crippen LogP contribution in [0.5, 0.6) is 5.75 Å². The number of anilines is 1. The summed E-state index contributed by atoms with van der Waals surface area (Å²) in [6.07, 6.45) is 5.09. The van der Waals surface area contributed by atoms with Crippen LogP contribution in [0.25, 0.3) is 21.8 Å². The minimum atomic E-state index is -0.283. The highest BCUT2D eigenvalue weighted by atomic mass is 35.5. The Morgan fingerprint density at radius 1 is 1.21 bits per heavy atom. The maximum absolute atomic E-state index is 12.8. The first-order valence-electron chi connectivity index (χ1n) is 7.95. The Hall–Kier alpha value is -2.54. The van der Waals surface area contributed by atoms with Gasteiger partial charge in [0.15, 0.2) is 5.75 Å². The number of carbonyl (C=O) groups is 1. The summed E-state index contributed by atoms with van der Waals surface area (Å²) in [5.74, 6) is 0.114. The molecular weight excluding hydrogens is 423 g/mol. The molecule has 0 atom stereocenters. The van der Waals surface area contributed by atoms with Crippen molar-refractivity contribution < 1.29 is 9.53 Å². The number of rotatable bonds is 3. The van der Waals surface area contributed by atoms with Crippen LogP contribution in [0, 0.1) is 6.92 Å². The lowest BCUT2D eigenvalue weighted by molar-refractivity contribution is 0.102. The number of hydrogen-bond acceptors (Lipinski definition) is 4. The fraction of sp³-hybridized carbons (Fsp3) is 0.105. The van der Waals surface area contributed by atoms with Gasteiger partial charge in [0.25, 0.3) is 5.91 Å². The van der Waals surface area contributed by atoms with Gasteiger partial charge in [-0.3, -0.25) is 14.8 Å². The molecule has 0 fully saturated rings. The SMILES string of the molecule is COc1c(Cl)cc2c([nH]c3cnccc32)c1NC(=O)c1cccnc1C.Cl.Cl. The second-order valence-corrected chi connectivity index (χ2v) is 6.23. The van der Waals surface area contributed by atoms with Gasteiger partial charge in [0.05, 0.1) is 34.9 Å². The van der Waals surface area contributed by atoms with Crippen molar-refractivity contribution in [1.82, 2.24) is 15.0 Å². The number of ether oxygens (including phenoxy) is 1. The number of amides is 1. The van der Waals surface area contributed by atoms with E-state index in [0.717, 1.165) is 21.8 Å². The van der Waals surface area contributed by atoms with Crippen molar-refractivity contribution in [2.75, 3.05) is 12.4 Å². The van der Waals surface area contributed by atoms with E-state index in [0.29, 0.717) is 27.7 Å². The van der Waals surface area contributed by atoms with Crippen molar-refractivity contribution in [3.63, 3.8) is 0 Å². The van der Waals surface area contributed by atoms with Gasteiger partial charge >= 0.3 is 0 Å². The van der Waals surface area contributed by atoms with Crippen LogP contribution in [0.1, 0.15) is 16.1 Å². The fourth-order valence-electron chi connectivity index (χ4n) is 3.06. The number of pyridine rings is 2. The molecule has 146 valence electrons. The molecule has 0 aliphatic heterocycles. The van der Waals surface area contributed by atoms with Gasteiger partial charge in [-0.05, 0) is 31.2 Å². The topological polar surface area (TPSA) is 79.9 Å². The largest absolute Gasteiger partial charge is 0.493 e. The summed E-state index contributed by atoms with van der Waals surface area (Å²) < 4.78 is 5.45. The Balaban J connectivity index is 0.00000140. The van der Waals surface area contributed by atoms with Crippen molar-refractivity contribution in [3.05, 3.63) is 59.1 Å². The van der Waals surface area contributed by atoms with Gasteiger partial charge in [-0.1, -0.05) is 11.6 Å². The first kappa shape index (κ1) is 21.8. The second-order valence-electron chi connectivity index (χ2n) is 5.83. The van der Waals surface area contributed by atoms with E-state index in [9.17, 15) is 4.79 Å². The van der Waals surface area contributed by atoms with Crippen LogP contribution in [-0.2, 0) is 0 Å². The minimum absolute atomic E-state index is 0. The molecule has 2 N–H and O–H groups in total. The molecule has 3 aromatic heterocycles. The van der Waals surface area contributed by atoms with Crippen molar-refractivity contribution in [3.8, 4) is 5.75 Å². The number of aromatic nitrogens is 3. The van der Waals surface area contributed by atoms with E-state index < -0.39 is 0 Å². The standard InChI is InChI=1S/C19H15ClN4O2.2ClH/c1-10-11(4-3-6-22-10)19(25)24-17-16-13(8-14(20)18(17)26-2)12-5-7-21-9-15(12)23-16;;/h3-9,23H,1-2H3,(H,24,25);2*1H. The summed E-state index contributed by atoms with van der Waals surface area (Å²) in [6.45, 7) is 1.79. The lowest BCUT2D eigenvalue weighted by Crippen LogP contribution is -2.15. The number of nitrogens with one attached hydrogen (secondary N) is 2. The van der Waals surface area contributed by atoms with Crippen LogP contribution >= 0.6 is 36.4 Å². The number of carbonyl (C=O) groups excluding carboxylic acids is 1. The van der Waals surface area contributed by atoms with Crippen molar-refractivity contribution >= 4 is 69.8 Å². The van der Waals surface area contributed by atoms with Crippen LogP contribution in [0.2, 0.25) is 5.02 Å². The van der Waals surface area contributed by atoms with Gasteiger partial charge < -0.3 is 15.0 Å². The van der Waals surface area contributed by atoms with Gasteiger partial charge in [-0.15, -0.1) is 24.8 Å². The molecule has 0 aliphatic carbocycles. The molecule has 0 saturated heterocycles. The summed E-state index contributed by atoms with van der Waals surface area (Å²) in [7, 11) is 1.52. The van der Waals surface area contributed by atoms with Crippen molar-refractivity contribution in [1.29, 1.82) is 0 Å². The summed E-state index contributed by atoms with van der Waals surface area (Å²) in [5.41, 5.74) is 3.19. The van der Waals surface area contributed by atoms with E-state index in [1.165, 1.54) is 7.11 Å². The zero-order chi connectivity index (χ0) is 18.3. The number of hydrogen-bond donors (Lipinski definition) is 2. The molecule has 0 unspecified atom stereocenters. The smallest absolute Gasteiger partial charge is 0.257 e. The van der Waals surface area contributed by atoms with E-state index in [1.807, 2.05) is 12.1 Å². The highest BCUT2D eigenvalue weighted by Crippen LogP contribution is 2.42. The maximum atomic E-state index is 12.8. The Bertz CT molecular complexity index is 1160. The van der Waals surface area contributed by atoms with Crippen molar-refractivity contribution in [2.45, 2.75) is 6.92 Å². The Morgan fingerprint density at radius 3 is 2.71 bits per heavy atom. The average Bonchev–Trinajstić information content (AvgIpc) is 3.01. The van der Waals surface area contributed by atoms with Gasteiger partial charge in [-0.2, -0.15) is 0 Å². The summed E-state index contributed by atoms with van der Waals surface area (Å²) in [5, 5.41) is 5.18. The predicted molar refractivity (Wildman–Crippen MR) is 117 cm³/mol. The summed E-state index contributed by atoms with van der Waals surface area (Å²) in [4.78, 5) is 24.4. The van der Waals surface area contributed by atoms with Crippen LogP contribution in [0.4, 0.5) is 5.69 Å². The molecule has 4 aromatic rings. The molecule has 6 nitrogen and oxygen atoms in total. The normalized spacial score (nSPS) is 10.2. The molecule has 3 heterocycles. The van der Waals surface area contributed by atoms with E-state index >= 15 is 0 Å². The lowest BCUT2D eigenvalue weighted by atomic mass is 10.1. The van der Waals surface area contributed by atoms with Crippen LogP contribution in [0.3, 0.4) is 0 Å². The molecule has 0 radical (unpaired) electrons. The third kappa shape index (κ3) is 3.58. The van der Waals surface area contributed by atoms with E-state index in [-0.39, 0.29) is 30.7 Å². The number of methoxy groups -OCH3 is 1. The number of H-pyrrole nitrogens is 1. The molecule has 0 spiro atoms. The van der Waals surface area contributed by atoms with Gasteiger partial charge in [0.1, 0.15) is 5.69 Å².